The van der Waals surface area contributed by atoms with Gasteiger partial charge in [-0.15, -0.1) is 24.0 Å². The van der Waals surface area contributed by atoms with Gasteiger partial charge in [0.1, 0.15) is 5.75 Å². The maximum Gasteiger partial charge on any atom is 0.191 e. The van der Waals surface area contributed by atoms with Crippen LogP contribution in [0.25, 0.3) is 0 Å². The quantitative estimate of drug-likeness (QED) is 0.339. The van der Waals surface area contributed by atoms with Crippen molar-refractivity contribution in [1.29, 1.82) is 0 Å². The Kier molecular flexibility index (Phi) is 10.8. The number of pyridine rings is 1. The fraction of sp³-hybridized carbons (Fsp3) is 0.429. The molecule has 0 unspecified atom stereocenters. The molecule has 148 valence electrons. The molecule has 2 rings (SSSR count). The summed E-state index contributed by atoms with van der Waals surface area (Å²) in [5, 5.41) is 6.74. The van der Waals surface area contributed by atoms with E-state index in [1.54, 1.807) is 7.05 Å². The molecule has 0 radical (unpaired) electrons. The molecule has 5 nitrogen and oxygen atoms in total. The molecular formula is C21H31IN4O. The maximum absolute atomic E-state index is 5.88. The van der Waals surface area contributed by atoms with Gasteiger partial charge in [-0.3, -0.25) is 9.98 Å². The van der Waals surface area contributed by atoms with E-state index in [9.17, 15) is 0 Å². The lowest BCUT2D eigenvalue weighted by molar-refractivity contribution is 0.313. The molecule has 6 heteroatoms. The fourth-order valence-electron chi connectivity index (χ4n) is 2.65. The van der Waals surface area contributed by atoms with Crippen molar-refractivity contribution in [2.75, 3.05) is 20.2 Å². The Morgan fingerprint density at radius 2 is 1.96 bits per heavy atom. The highest BCUT2D eigenvalue weighted by atomic mass is 127. The van der Waals surface area contributed by atoms with E-state index in [2.05, 4.69) is 65.6 Å². The molecule has 0 saturated heterocycles. The summed E-state index contributed by atoms with van der Waals surface area (Å²) in [5.74, 6) is 1.74. The summed E-state index contributed by atoms with van der Waals surface area (Å²) in [4.78, 5) is 8.44. The van der Waals surface area contributed by atoms with E-state index >= 15 is 0 Å². The molecule has 0 aliphatic carbocycles. The zero-order valence-electron chi connectivity index (χ0n) is 16.7. The second kappa shape index (κ2) is 12.5. The van der Waals surface area contributed by atoms with Gasteiger partial charge in [-0.25, -0.2) is 0 Å². The summed E-state index contributed by atoms with van der Waals surface area (Å²) >= 11 is 0. The molecule has 0 bridgehead atoms. The number of hydrogen-bond acceptors (Lipinski definition) is 3. The molecule has 1 aromatic heterocycles. The number of aliphatic imine (C=N–C) groups is 1. The standard InChI is InChI=1S/C21H30N4O.HI/c1-5-12-26-20-13-16(2)6-7-19(20)15-25-21(22-4)24-11-9-18-8-10-23-14-17(18)3;/h6-8,10,13-14H,5,9,11-12,15H2,1-4H3,(H2,22,24,25);1H. The van der Waals surface area contributed by atoms with Gasteiger partial charge in [0.25, 0.3) is 0 Å². The van der Waals surface area contributed by atoms with Gasteiger partial charge >= 0.3 is 0 Å². The fourth-order valence-corrected chi connectivity index (χ4v) is 2.65. The van der Waals surface area contributed by atoms with Gasteiger partial charge < -0.3 is 15.4 Å². The van der Waals surface area contributed by atoms with Crippen molar-refractivity contribution in [2.45, 2.75) is 40.2 Å². The zero-order chi connectivity index (χ0) is 18.8. The normalized spacial score (nSPS) is 10.9. The third-order valence-corrected chi connectivity index (χ3v) is 4.18. The molecule has 0 fully saturated rings. The molecule has 1 heterocycles. The highest BCUT2D eigenvalue weighted by Gasteiger charge is 2.06. The summed E-state index contributed by atoms with van der Waals surface area (Å²) < 4.78 is 5.88. The average molecular weight is 482 g/mol. The van der Waals surface area contributed by atoms with E-state index < -0.39 is 0 Å². The molecule has 2 N–H and O–H groups in total. The lowest BCUT2D eigenvalue weighted by atomic mass is 10.1. The largest absolute Gasteiger partial charge is 0.493 e. The molecule has 0 aliphatic heterocycles. The van der Waals surface area contributed by atoms with Crippen LogP contribution in [0.15, 0.2) is 41.7 Å². The van der Waals surface area contributed by atoms with Crippen LogP contribution in [-0.2, 0) is 13.0 Å². The van der Waals surface area contributed by atoms with Crippen LogP contribution in [0.4, 0.5) is 0 Å². The molecule has 0 spiro atoms. The van der Waals surface area contributed by atoms with E-state index in [1.165, 1.54) is 16.7 Å². The Labute approximate surface area is 180 Å². The first-order valence-corrected chi connectivity index (χ1v) is 9.20. The van der Waals surface area contributed by atoms with Crippen molar-refractivity contribution in [1.82, 2.24) is 15.6 Å². The summed E-state index contributed by atoms with van der Waals surface area (Å²) in [7, 11) is 1.79. The van der Waals surface area contributed by atoms with Gasteiger partial charge in [0, 0.05) is 38.1 Å². The Hall–Kier alpha value is -1.83. The van der Waals surface area contributed by atoms with E-state index in [-0.39, 0.29) is 24.0 Å². The van der Waals surface area contributed by atoms with Gasteiger partial charge in [-0.1, -0.05) is 19.1 Å². The second-order valence-corrected chi connectivity index (χ2v) is 6.36. The van der Waals surface area contributed by atoms with Crippen LogP contribution in [0.3, 0.4) is 0 Å². The number of ether oxygens (including phenoxy) is 1. The van der Waals surface area contributed by atoms with Crippen molar-refractivity contribution < 1.29 is 4.74 Å². The number of aryl methyl sites for hydroxylation is 2. The Morgan fingerprint density at radius 1 is 1.15 bits per heavy atom. The van der Waals surface area contributed by atoms with E-state index in [1.807, 2.05) is 12.4 Å². The Morgan fingerprint density at radius 3 is 2.67 bits per heavy atom. The smallest absolute Gasteiger partial charge is 0.191 e. The summed E-state index contributed by atoms with van der Waals surface area (Å²) in [6.45, 7) is 8.51. The van der Waals surface area contributed by atoms with Crippen molar-refractivity contribution in [3.05, 3.63) is 58.9 Å². The van der Waals surface area contributed by atoms with E-state index in [4.69, 9.17) is 4.74 Å². The molecule has 0 atom stereocenters. The first-order chi connectivity index (χ1) is 12.6. The van der Waals surface area contributed by atoms with Crippen LogP contribution < -0.4 is 15.4 Å². The van der Waals surface area contributed by atoms with Crippen LogP contribution >= 0.6 is 24.0 Å². The van der Waals surface area contributed by atoms with Crippen molar-refractivity contribution in [3.63, 3.8) is 0 Å². The summed E-state index contributed by atoms with van der Waals surface area (Å²) in [6, 6.07) is 8.38. The van der Waals surface area contributed by atoms with Crippen LogP contribution in [0.5, 0.6) is 5.75 Å². The van der Waals surface area contributed by atoms with Gasteiger partial charge in [0.05, 0.1) is 6.61 Å². The van der Waals surface area contributed by atoms with Gasteiger partial charge in [0.15, 0.2) is 5.96 Å². The number of nitrogens with one attached hydrogen (secondary N) is 2. The molecule has 1 aromatic carbocycles. The number of halogens is 1. The number of guanidine groups is 1. The number of benzene rings is 1. The molecule has 0 saturated carbocycles. The third kappa shape index (κ3) is 7.74. The van der Waals surface area contributed by atoms with Crippen molar-refractivity contribution >= 4 is 29.9 Å². The number of rotatable bonds is 8. The first kappa shape index (κ1) is 23.2. The monoisotopic (exact) mass is 482 g/mol. The average Bonchev–Trinajstić information content (AvgIpc) is 2.65. The van der Waals surface area contributed by atoms with E-state index in [0.29, 0.717) is 6.54 Å². The predicted molar refractivity (Wildman–Crippen MR) is 123 cm³/mol. The number of nitrogens with zero attached hydrogens (tertiary/aromatic N) is 2. The molecule has 27 heavy (non-hydrogen) atoms. The first-order valence-electron chi connectivity index (χ1n) is 9.20. The molecule has 0 aliphatic rings. The summed E-state index contributed by atoms with van der Waals surface area (Å²) in [6.07, 6.45) is 5.67. The SMILES string of the molecule is CCCOc1cc(C)ccc1CNC(=NC)NCCc1ccncc1C.I. The highest BCUT2D eigenvalue weighted by Crippen LogP contribution is 2.20. The van der Waals surface area contributed by atoms with Crippen LogP contribution in [-0.4, -0.2) is 31.1 Å². The number of hydrogen-bond donors (Lipinski definition) is 2. The maximum atomic E-state index is 5.88. The Balaban J connectivity index is 0.00000364. The Bertz CT molecular complexity index is 734. The van der Waals surface area contributed by atoms with E-state index in [0.717, 1.165) is 43.3 Å². The lowest BCUT2D eigenvalue weighted by Gasteiger charge is -2.15. The molecular weight excluding hydrogens is 451 g/mol. The minimum absolute atomic E-state index is 0. The zero-order valence-corrected chi connectivity index (χ0v) is 19.0. The predicted octanol–water partition coefficient (Wildman–Crippen LogP) is 4.01. The van der Waals surface area contributed by atoms with Crippen molar-refractivity contribution in [3.8, 4) is 5.75 Å². The van der Waals surface area contributed by atoms with Crippen LogP contribution in [0, 0.1) is 13.8 Å². The van der Waals surface area contributed by atoms with Crippen molar-refractivity contribution in [2.24, 2.45) is 4.99 Å². The topological polar surface area (TPSA) is 58.5 Å². The minimum Gasteiger partial charge on any atom is -0.493 e. The van der Waals surface area contributed by atoms with Gasteiger partial charge in [-0.2, -0.15) is 0 Å². The molecule has 2 aromatic rings. The summed E-state index contributed by atoms with van der Waals surface area (Å²) in [5.41, 5.74) is 4.86. The van der Waals surface area contributed by atoms with Gasteiger partial charge in [-0.05, 0) is 55.5 Å². The van der Waals surface area contributed by atoms with Crippen LogP contribution in [0.1, 0.15) is 35.6 Å². The lowest BCUT2D eigenvalue weighted by Crippen LogP contribution is -2.38. The third-order valence-electron chi connectivity index (χ3n) is 4.18. The van der Waals surface area contributed by atoms with Gasteiger partial charge in [0.2, 0.25) is 0 Å². The highest BCUT2D eigenvalue weighted by molar-refractivity contribution is 14.0. The second-order valence-electron chi connectivity index (χ2n) is 6.36. The molecule has 0 amide bonds. The number of aromatic nitrogens is 1. The minimum atomic E-state index is 0. The van der Waals surface area contributed by atoms with Crippen LogP contribution in [0.2, 0.25) is 0 Å².